The van der Waals surface area contributed by atoms with Crippen molar-refractivity contribution in [3.63, 3.8) is 0 Å². The lowest BCUT2D eigenvalue weighted by Crippen LogP contribution is -2.91. The van der Waals surface area contributed by atoms with Crippen molar-refractivity contribution in [3.8, 4) is 0 Å². The van der Waals surface area contributed by atoms with Gasteiger partial charge in [-0.2, -0.15) is 0 Å². The van der Waals surface area contributed by atoms with Crippen molar-refractivity contribution in [2.24, 2.45) is 0 Å². The number of quaternary nitrogens is 1. The van der Waals surface area contributed by atoms with Gasteiger partial charge in [-0.3, -0.25) is 0 Å². The molecule has 1 rings (SSSR count). The van der Waals surface area contributed by atoms with Gasteiger partial charge in [0.1, 0.15) is 0 Å². The average molecular weight is 114 g/mol. The van der Waals surface area contributed by atoms with Gasteiger partial charge in [-0.1, -0.05) is 6.92 Å². The molecule has 1 heteroatoms. The lowest BCUT2D eigenvalue weighted by molar-refractivity contribution is -0.697. The molecule has 0 bridgehead atoms. The van der Waals surface area contributed by atoms with Gasteiger partial charge in [-0.05, 0) is 25.7 Å². The fraction of sp³-hybridized carbons (Fsp3) is 1.00. The molecular weight excluding hydrogens is 98.1 g/mol. The molecule has 0 aromatic carbocycles. The van der Waals surface area contributed by atoms with E-state index in [1.54, 1.807) is 0 Å². The maximum absolute atomic E-state index is 2.49. The molecule has 0 aromatic heterocycles. The van der Waals surface area contributed by atoms with Crippen LogP contribution in [0.4, 0.5) is 0 Å². The molecule has 1 aliphatic heterocycles. The molecule has 48 valence electrons. The highest BCUT2D eigenvalue weighted by Crippen LogP contribution is 2.02. The third-order valence-corrected chi connectivity index (χ3v) is 2.05. The maximum atomic E-state index is 2.49. The van der Waals surface area contributed by atoms with Crippen molar-refractivity contribution < 1.29 is 5.32 Å². The Balaban J connectivity index is 2.13. The average Bonchev–Trinajstić information content (AvgIpc) is 1.90. The standard InChI is InChI=1S/C7H15N/c1-2-7-5-3-4-6-8-7/h7-8H,2-6H2,1H3/p+1/t7-/m0/s1. The van der Waals surface area contributed by atoms with Crippen LogP contribution in [0.15, 0.2) is 0 Å². The van der Waals surface area contributed by atoms with Crippen LogP contribution in [0.2, 0.25) is 0 Å². The first kappa shape index (κ1) is 6.09. The lowest BCUT2D eigenvalue weighted by atomic mass is 10.0. The fourth-order valence-electron chi connectivity index (χ4n) is 1.39. The summed E-state index contributed by atoms with van der Waals surface area (Å²) in [6, 6.07) is 0.962. The predicted molar refractivity (Wildman–Crippen MR) is 34.7 cm³/mol. The molecule has 1 fully saturated rings. The van der Waals surface area contributed by atoms with E-state index in [4.69, 9.17) is 0 Å². The molecule has 1 aliphatic rings. The lowest BCUT2D eigenvalue weighted by Gasteiger charge is -2.17. The van der Waals surface area contributed by atoms with E-state index in [9.17, 15) is 0 Å². The largest absolute Gasteiger partial charge is 0.344 e. The Hall–Kier alpha value is -0.0400. The van der Waals surface area contributed by atoms with E-state index in [1.807, 2.05) is 0 Å². The summed E-state index contributed by atoms with van der Waals surface area (Å²) in [5.41, 5.74) is 0. The van der Waals surface area contributed by atoms with Crippen LogP contribution in [0.3, 0.4) is 0 Å². The molecule has 8 heavy (non-hydrogen) atoms. The summed E-state index contributed by atoms with van der Waals surface area (Å²) in [6.07, 6.45) is 5.72. The second kappa shape index (κ2) is 3.08. The SMILES string of the molecule is CC[C@H]1CCCC[NH2+]1. The first-order valence-corrected chi connectivity index (χ1v) is 3.77. The van der Waals surface area contributed by atoms with E-state index in [2.05, 4.69) is 12.2 Å². The topological polar surface area (TPSA) is 16.6 Å². The normalized spacial score (nSPS) is 30.4. The number of piperidine rings is 1. The van der Waals surface area contributed by atoms with Crippen LogP contribution < -0.4 is 5.32 Å². The van der Waals surface area contributed by atoms with Crippen molar-refractivity contribution >= 4 is 0 Å². The third-order valence-electron chi connectivity index (χ3n) is 2.05. The molecule has 1 atom stereocenters. The summed E-state index contributed by atoms with van der Waals surface area (Å²) in [5.74, 6) is 0. The van der Waals surface area contributed by atoms with Gasteiger partial charge in [0.2, 0.25) is 0 Å². The van der Waals surface area contributed by atoms with Crippen LogP contribution >= 0.6 is 0 Å². The Bertz CT molecular complexity index is 55.4. The van der Waals surface area contributed by atoms with Gasteiger partial charge in [-0.15, -0.1) is 0 Å². The van der Waals surface area contributed by atoms with E-state index < -0.39 is 0 Å². The van der Waals surface area contributed by atoms with Crippen molar-refractivity contribution in [2.45, 2.75) is 38.6 Å². The van der Waals surface area contributed by atoms with E-state index in [0.717, 1.165) is 6.04 Å². The van der Waals surface area contributed by atoms with E-state index in [0.29, 0.717) is 0 Å². The molecule has 1 heterocycles. The molecule has 0 aromatic rings. The minimum Gasteiger partial charge on any atom is -0.344 e. The summed E-state index contributed by atoms with van der Waals surface area (Å²) >= 11 is 0. The fourth-order valence-corrected chi connectivity index (χ4v) is 1.39. The quantitative estimate of drug-likeness (QED) is 0.511. The number of nitrogens with two attached hydrogens (primary N) is 1. The Labute approximate surface area is 51.5 Å². The monoisotopic (exact) mass is 114 g/mol. The van der Waals surface area contributed by atoms with Crippen molar-refractivity contribution in [1.29, 1.82) is 0 Å². The zero-order valence-electron chi connectivity index (χ0n) is 5.69. The van der Waals surface area contributed by atoms with Crippen molar-refractivity contribution in [1.82, 2.24) is 0 Å². The van der Waals surface area contributed by atoms with E-state index in [-0.39, 0.29) is 0 Å². The van der Waals surface area contributed by atoms with Crippen LogP contribution in [-0.4, -0.2) is 12.6 Å². The molecule has 0 radical (unpaired) electrons. The predicted octanol–water partition coefficient (Wildman–Crippen LogP) is 0.512. The second-order valence-corrected chi connectivity index (χ2v) is 2.69. The van der Waals surface area contributed by atoms with Crippen LogP contribution in [0, 0.1) is 0 Å². The maximum Gasteiger partial charge on any atom is 0.0856 e. The summed E-state index contributed by atoms with van der Waals surface area (Å²) < 4.78 is 0. The molecule has 0 amide bonds. The van der Waals surface area contributed by atoms with Crippen molar-refractivity contribution in [3.05, 3.63) is 0 Å². The summed E-state index contributed by atoms with van der Waals surface area (Å²) in [5, 5.41) is 2.49. The van der Waals surface area contributed by atoms with E-state index in [1.165, 1.54) is 32.2 Å². The van der Waals surface area contributed by atoms with Gasteiger partial charge in [-0.25, -0.2) is 0 Å². The first-order chi connectivity index (χ1) is 3.93. The minimum atomic E-state index is 0.962. The van der Waals surface area contributed by atoms with Gasteiger partial charge in [0, 0.05) is 0 Å². The molecule has 0 saturated carbocycles. The Morgan fingerprint density at radius 3 is 2.75 bits per heavy atom. The minimum absolute atomic E-state index is 0.962. The van der Waals surface area contributed by atoms with Crippen molar-refractivity contribution in [2.75, 3.05) is 6.54 Å². The highest BCUT2D eigenvalue weighted by Gasteiger charge is 2.12. The molecule has 1 nitrogen and oxygen atoms in total. The summed E-state index contributed by atoms with van der Waals surface area (Å²) in [7, 11) is 0. The summed E-state index contributed by atoms with van der Waals surface area (Å²) in [4.78, 5) is 0. The Morgan fingerprint density at radius 2 is 2.38 bits per heavy atom. The zero-order valence-corrected chi connectivity index (χ0v) is 5.69. The van der Waals surface area contributed by atoms with Crippen LogP contribution in [-0.2, 0) is 0 Å². The molecule has 0 aliphatic carbocycles. The molecular formula is C7H16N+. The highest BCUT2D eigenvalue weighted by molar-refractivity contribution is 4.55. The third kappa shape index (κ3) is 1.48. The molecule has 2 N–H and O–H groups in total. The Morgan fingerprint density at radius 1 is 1.50 bits per heavy atom. The smallest absolute Gasteiger partial charge is 0.0856 e. The Kier molecular flexibility index (Phi) is 2.34. The molecule has 0 spiro atoms. The number of hydrogen-bond donors (Lipinski definition) is 1. The highest BCUT2D eigenvalue weighted by atomic mass is 14.9. The second-order valence-electron chi connectivity index (χ2n) is 2.69. The van der Waals surface area contributed by atoms with Crippen LogP contribution in [0.25, 0.3) is 0 Å². The van der Waals surface area contributed by atoms with Crippen LogP contribution in [0.5, 0.6) is 0 Å². The van der Waals surface area contributed by atoms with Gasteiger partial charge < -0.3 is 5.32 Å². The molecule has 1 saturated heterocycles. The first-order valence-electron chi connectivity index (χ1n) is 3.77. The van der Waals surface area contributed by atoms with Gasteiger partial charge in [0.05, 0.1) is 12.6 Å². The molecule has 0 unspecified atom stereocenters. The number of rotatable bonds is 1. The zero-order chi connectivity index (χ0) is 5.82. The van der Waals surface area contributed by atoms with Gasteiger partial charge in [0.15, 0.2) is 0 Å². The van der Waals surface area contributed by atoms with Gasteiger partial charge in [0.25, 0.3) is 0 Å². The summed E-state index contributed by atoms with van der Waals surface area (Å²) in [6.45, 7) is 3.66. The van der Waals surface area contributed by atoms with E-state index >= 15 is 0 Å². The van der Waals surface area contributed by atoms with Gasteiger partial charge >= 0.3 is 0 Å². The number of hydrogen-bond acceptors (Lipinski definition) is 0. The van der Waals surface area contributed by atoms with Crippen LogP contribution in [0.1, 0.15) is 32.6 Å².